The highest BCUT2D eigenvalue weighted by Gasteiger charge is 2.09. The van der Waals surface area contributed by atoms with Crippen LogP contribution in [0.4, 0.5) is 5.69 Å². The molecule has 0 radical (unpaired) electrons. The van der Waals surface area contributed by atoms with Crippen molar-refractivity contribution >= 4 is 17.5 Å². The summed E-state index contributed by atoms with van der Waals surface area (Å²) >= 11 is 0. The van der Waals surface area contributed by atoms with Gasteiger partial charge in [0.15, 0.2) is 0 Å². The normalized spacial score (nSPS) is 10.1. The zero-order valence-corrected chi connectivity index (χ0v) is 14.2. The Morgan fingerprint density at radius 3 is 2.38 bits per heavy atom. The fraction of sp³-hybridized carbons (Fsp3) is 0.263. The minimum absolute atomic E-state index is 0.0840. The Kier molecular flexibility index (Phi) is 5.95. The first kappa shape index (κ1) is 17.5. The molecule has 2 rings (SSSR count). The molecule has 0 spiro atoms. The lowest BCUT2D eigenvalue weighted by Crippen LogP contribution is -2.32. The predicted octanol–water partition coefficient (Wildman–Crippen LogP) is 3.07. The van der Waals surface area contributed by atoms with Crippen LogP contribution >= 0.6 is 0 Å². The zero-order chi connectivity index (χ0) is 17.5. The first-order valence-electron chi connectivity index (χ1n) is 7.87. The standard InChI is InChI=1S/C19H22N2O3/c1-4-24-16-8-6-15(7-9-16)19(23)20-12-18(22)21-17-10-5-13(2)11-14(17)3/h5-11H,4,12H2,1-3H3,(H,20,23)(H,21,22). The molecule has 5 nitrogen and oxygen atoms in total. The van der Waals surface area contributed by atoms with Crippen LogP contribution in [0, 0.1) is 13.8 Å². The summed E-state index contributed by atoms with van der Waals surface area (Å²) in [4.78, 5) is 24.0. The molecular formula is C19H22N2O3. The highest BCUT2D eigenvalue weighted by molar-refractivity contribution is 5.99. The second kappa shape index (κ2) is 8.15. The van der Waals surface area contributed by atoms with Crippen molar-refractivity contribution < 1.29 is 14.3 Å². The van der Waals surface area contributed by atoms with E-state index in [-0.39, 0.29) is 18.4 Å². The maximum absolute atomic E-state index is 12.1. The monoisotopic (exact) mass is 326 g/mol. The van der Waals surface area contributed by atoms with Gasteiger partial charge in [-0.05, 0) is 56.7 Å². The first-order chi connectivity index (χ1) is 11.5. The van der Waals surface area contributed by atoms with Gasteiger partial charge < -0.3 is 15.4 Å². The summed E-state index contributed by atoms with van der Waals surface area (Å²) in [6.07, 6.45) is 0. The molecule has 0 saturated heterocycles. The van der Waals surface area contributed by atoms with Gasteiger partial charge >= 0.3 is 0 Å². The number of anilines is 1. The number of rotatable bonds is 6. The Bertz CT molecular complexity index is 724. The van der Waals surface area contributed by atoms with E-state index in [0.29, 0.717) is 17.9 Å². The molecule has 2 N–H and O–H groups in total. The maximum Gasteiger partial charge on any atom is 0.251 e. The van der Waals surface area contributed by atoms with Crippen molar-refractivity contribution in [2.45, 2.75) is 20.8 Å². The number of nitrogens with one attached hydrogen (secondary N) is 2. The van der Waals surface area contributed by atoms with Gasteiger partial charge in [0.05, 0.1) is 13.2 Å². The molecule has 0 fully saturated rings. The van der Waals surface area contributed by atoms with Crippen LogP contribution in [0.2, 0.25) is 0 Å². The van der Waals surface area contributed by atoms with Gasteiger partial charge in [-0.3, -0.25) is 9.59 Å². The number of carbonyl (C=O) groups is 2. The average Bonchev–Trinajstić information content (AvgIpc) is 2.56. The minimum Gasteiger partial charge on any atom is -0.494 e. The topological polar surface area (TPSA) is 67.4 Å². The molecule has 0 aromatic heterocycles. The molecule has 0 bridgehead atoms. The zero-order valence-electron chi connectivity index (χ0n) is 14.2. The second-order valence-corrected chi connectivity index (χ2v) is 5.51. The molecule has 0 saturated carbocycles. The lowest BCUT2D eigenvalue weighted by Gasteiger charge is -2.10. The molecule has 126 valence electrons. The van der Waals surface area contributed by atoms with E-state index in [9.17, 15) is 9.59 Å². The highest BCUT2D eigenvalue weighted by atomic mass is 16.5. The van der Waals surface area contributed by atoms with Crippen LogP contribution in [0.1, 0.15) is 28.4 Å². The van der Waals surface area contributed by atoms with Crippen molar-refractivity contribution in [3.8, 4) is 5.75 Å². The number of hydrogen-bond acceptors (Lipinski definition) is 3. The van der Waals surface area contributed by atoms with Gasteiger partial charge in [0.1, 0.15) is 5.75 Å². The van der Waals surface area contributed by atoms with E-state index in [1.807, 2.05) is 39.0 Å². The van der Waals surface area contributed by atoms with E-state index in [0.717, 1.165) is 16.8 Å². The number of ether oxygens (including phenoxy) is 1. The Balaban J connectivity index is 1.87. The van der Waals surface area contributed by atoms with Crippen molar-refractivity contribution in [2.24, 2.45) is 0 Å². The molecule has 24 heavy (non-hydrogen) atoms. The van der Waals surface area contributed by atoms with Gasteiger partial charge in [0.2, 0.25) is 5.91 Å². The molecule has 2 amide bonds. The number of hydrogen-bond donors (Lipinski definition) is 2. The largest absolute Gasteiger partial charge is 0.494 e. The Labute approximate surface area is 142 Å². The number of amides is 2. The van der Waals surface area contributed by atoms with E-state index in [2.05, 4.69) is 10.6 Å². The summed E-state index contributed by atoms with van der Waals surface area (Å²) < 4.78 is 5.33. The van der Waals surface area contributed by atoms with Crippen LogP contribution in [-0.4, -0.2) is 25.0 Å². The average molecular weight is 326 g/mol. The summed E-state index contributed by atoms with van der Waals surface area (Å²) in [5.74, 6) is 0.150. The van der Waals surface area contributed by atoms with Gasteiger partial charge in [-0.2, -0.15) is 0 Å². The summed E-state index contributed by atoms with van der Waals surface area (Å²) in [6, 6.07) is 12.6. The van der Waals surface area contributed by atoms with Gasteiger partial charge in [-0.1, -0.05) is 17.7 Å². The fourth-order valence-electron chi connectivity index (χ4n) is 2.28. The quantitative estimate of drug-likeness (QED) is 0.857. The molecule has 0 aliphatic heterocycles. The van der Waals surface area contributed by atoms with Crippen LogP contribution in [0.5, 0.6) is 5.75 Å². The summed E-state index contributed by atoms with van der Waals surface area (Å²) in [7, 11) is 0. The van der Waals surface area contributed by atoms with Crippen molar-refractivity contribution in [3.05, 3.63) is 59.2 Å². The third-order valence-electron chi connectivity index (χ3n) is 3.49. The highest BCUT2D eigenvalue weighted by Crippen LogP contribution is 2.15. The van der Waals surface area contributed by atoms with Crippen molar-refractivity contribution in [1.29, 1.82) is 0 Å². The number of benzene rings is 2. The molecule has 0 aliphatic rings. The third kappa shape index (κ3) is 4.84. The second-order valence-electron chi connectivity index (χ2n) is 5.51. The van der Waals surface area contributed by atoms with Crippen LogP contribution in [0.3, 0.4) is 0 Å². The summed E-state index contributed by atoms with van der Waals surface area (Å²) in [6.45, 7) is 6.31. The van der Waals surface area contributed by atoms with E-state index >= 15 is 0 Å². The van der Waals surface area contributed by atoms with Crippen molar-refractivity contribution in [3.63, 3.8) is 0 Å². The van der Waals surface area contributed by atoms with E-state index in [1.54, 1.807) is 24.3 Å². The van der Waals surface area contributed by atoms with E-state index < -0.39 is 0 Å². The fourth-order valence-corrected chi connectivity index (χ4v) is 2.28. The lowest BCUT2D eigenvalue weighted by molar-refractivity contribution is -0.115. The maximum atomic E-state index is 12.1. The smallest absolute Gasteiger partial charge is 0.251 e. The van der Waals surface area contributed by atoms with Crippen LogP contribution in [0.25, 0.3) is 0 Å². The summed E-state index contributed by atoms with van der Waals surface area (Å²) in [5, 5.41) is 5.41. The van der Waals surface area contributed by atoms with Gasteiger partial charge in [-0.25, -0.2) is 0 Å². The molecule has 0 heterocycles. The van der Waals surface area contributed by atoms with E-state index in [4.69, 9.17) is 4.74 Å². The molecule has 0 atom stereocenters. The van der Waals surface area contributed by atoms with Crippen LogP contribution in [0.15, 0.2) is 42.5 Å². The minimum atomic E-state index is -0.297. The van der Waals surface area contributed by atoms with E-state index in [1.165, 1.54) is 0 Å². The van der Waals surface area contributed by atoms with Gasteiger partial charge in [-0.15, -0.1) is 0 Å². The van der Waals surface area contributed by atoms with Crippen molar-refractivity contribution in [2.75, 3.05) is 18.5 Å². The SMILES string of the molecule is CCOc1ccc(C(=O)NCC(=O)Nc2ccc(C)cc2C)cc1. The molecule has 0 aliphatic carbocycles. The Morgan fingerprint density at radius 2 is 1.75 bits per heavy atom. The molecule has 2 aromatic rings. The third-order valence-corrected chi connectivity index (χ3v) is 3.49. The van der Waals surface area contributed by atoms with Gasteiger partial charge in [0, 0.05) is 11.3 Å². The van der Waals surface area contributed by atoms with Crippen LogP contribution < -0.4 is 15.4 Å². The summed E-state index contributed by atoms with van der Waals surface area (Å²) in [5.41, 5.74) is 3.36. The number of carbonyl (C=O) groups excluding carboxylic acids is 2. The molecule has 0 unspecified atom stereocenters. The number of aryl methyl sites for hydroxylation is 2. The van der Waals surface area contributed by atoms with Crippen LogP contribution in [-0.2, 0) is 4.79 Å². The molecule has 5 heteroatoms. The first-order valence-corrected chi connectivity index (χ1v) is 7.87. The predicted molar refractivity (Wildman–Crippen MR) is 94.5 cm³/mol. The van der Waals surface area contributed by atoms with Gasteiger partial charge in [0.25, 0.3) is 5.91 Å². The lowest BCUT2D eigenvalue weighted by atomic mass is 10.1. The Hall–Kier alpha value is -2.82. The molecule has 2 aromatic carbocycles. The van der Waals surface area contributed by atoms with Crippen molar-refractivity contribution in [1.82, 2.24) is 5.32 Å². The Morgan fingerprint density at radius 1 is 1.04 bits per heavy atom. The molecular weight excluding hydrogens is 304 g/mol.